The molecule has 1 aromatic carbocycles. The van der Waals surface area contributed by atoms with Gasteiger partial charge in [-0.05, 0) is 44.0 Å². The minimum atomic E-state index is -0.508. The van der Waals surface area contributed by atoms with Crippen LogP contribution in [0.2, 0.25) is 0 Å². The lowest BCUT2D eigenvalue weighted by atomic mass is 10.0. The average Bonchev–Trinajstić information content (AvgIpc) is 2.57. The van der Waals surface area contributed by atoms with E-state index in [4.69, 9.17) is 9.47 Å². The lowest BCUT2D eigenvalue weighted by Crippen LogP contribution is -2.01. The third-order valence-corrected chi connectivity index (χ3v) is 2.86. The number of hydrogen-bond donors (Lipinski definition) is 0. The van der Waals surface area contributed by atoms with Crippen LogP contribution >= 0.6 is 0 Å². The first-order valence-electron chi connectivity index (χ1n) is 5.75. The quantitative estimate of drug-likeness (QED) is 0.594. The summed E-state index contributed by atoms with van der Waals surface area (Å²) in [6, 6.07) is 3.62. The van der Waals surface area contributed by atoms with Crippen LogP contribution in [0.3, 0.4) is 0 Å². The smallest absolute Gasteiger partial charge is 0.344 e. The van der Waals surface area contributed by atoms with E-state index in [2.05, 4.69) is 0 Å². The van der Waals surface area contributed by atoms with Crippen molar-refractivity contribution in [3.8, 4) is 0 Å². The molecule has 0 aromatic heterocycles. The first-order valence-corrected chi connectivity index (χ1v) is 5.75. The van der Waals surface area contributed by atoms with Crippen molar-refractivity contribution >= 4 is 17.7 Å². The van der Waals surface area contributed by atoms with Crippen molar-refractivity contribution in [2.75, 3.05) is 6.61 Å². The summed E-state index contributed by atoms with van der Waals surface area (Å²) >= 11 is 0. The fourth-order valence-electron chi connectivity index (χ4n) is 1.80. The molecule has 0 spiro atoms. The molecule has 4 heteroatoms. The summed E-state index contributed by atoms with van der Waals surface area (Å²) in [4.78, 5) is 23.0. The van der Waals surface area contributed by atoms with Crippen LogP contribution in [0, 0.1) is 13.8 Å². The predicted octanol–water partition coefficient (Wildman–Crippen LogP) is 2.38. The molecule has 1 aliphatic heterocycles. The van der Waals surface area contributed by atoms with E-state index in [1.54, 1.807) is 13.0 Å². The second-order valence-corrected chi connectivity index (χ2v) is 4.13. The molecule has 0 fully saturated rings. The lowest BCUT2D eigenvalue weighted by molar-refractivity contribution is -0.137. The minimum Gasteiger partial charge on any atom is -0.463 e. The third kappa shape index (κ3) is 2.14. The van der Waals surface area contributed by atoms with Crippen LogP contribution in [0.1, 0.15) is 34.0 Å². The maximum Gasteiger partial charge on any atom is 0.344 e. The monoisotopic (exact) mass is 246 g/mol. The molecule has 0 atom stereocenters. The molecule has 4 nitrogen and oxygen atoms in total. The van der Waals surface area contributed by atoms with Crippen molar-refractivity contribution < 1.29 is 19.1 Å². The van der Waals surface area contributed by atoms with Gasteiger partial charge in [-0.2, -0.15) is 0 Å². The number of benzene rings is 1. The van der Waals surface area contributed by atoms with Gasteiger partial charge in [0.15, 0.2) is 0 Å². The molecule has 0 radical (unpaired) electrons. The number of ether oxygens (including phenoxy) is 2. The van der Waals surface area contributed by atoms with Crippen molar-refractivity contribution in [1.29, 1.82) is 0 Å². The third-order valence-electron chi connectivity index (χ3n) is 2.86. The van der Waals surface area contributed by atoms with Gasteiger partial charge in [0.2, 0.25) is 0 Å². The number of aryl methyl sites for hydroxylation is 2. The number of hydrogen-bond acceptors (Lipinski definition) is 4. The molecule has 0 aliphatic carbocycles. The van der Waals surface area contributed by atoms with Crippen LogP contribution in [-0.4, -0.2) is 18.5 Å². The van der Waals surface area contributed by atoms with E-state index in [-0.39, 0.29) is 12.4 Å². The van der Waals surface area contributed by atoms with Crippen molar-refractivity contribution in [3.63, 3.8) is 0 Å². The maximum atomic E-state index is 11.7. The highest BCUT2D eigenvalue weighted by Gasteiger charge is 2.27. The van der Waals surface area contributed by atoms with Gasteiger partial charge in [0.05, 0.1) is 18.2 Å². The predicted molar refractivity (Wildman–Crippen MR) is 65.9 cm³/mol. The van der Waals surface area contributed by atoms with E-state index in [0.717, 1.165) is 11.1 Å². The van der Waals surface area contributed by atoms with Crippen molar-refractivity contribution in [2.24, 2.45) is 0 Å². The second kappa shape index (κ2) is 4.64. The van der Waals surface area contributed by atoms with E-state index in [1.807, 2.05) is 19.9 Å². The summed E-state index contributed by atoms with van der Waals surface area (Å²) in [5.41, 5.74) is 3.20. The zero-order valence-corrected chi connectivity index (χ0v) is 10.6. The first kappa shape index (κ1) is 12.4. The van der Waals surface area contributed by atoms with Crippen LogP contribution in [0.25, 0.3) is 5.76 Å². The molecule has 1 aromatic rings. The van der Waals surface area contributed by atoms with Gasteiger partial charge < -0.3 is 9.47 Å². The fourth-order valence-corrected chi connectivity index (χ4v) is 1.80. The van der Waals surface area contributed by atoms with Crippen molar-refractivity contribution in [2.45, 2.75) is 20.8 Å². The Bertz CT molecular complexity index is 555. The van der Waals surface area contributed by atoms with Crippen LogP contribution in [0.15, 0.2) is 18.2 Å². The van der Waals surface area contributed by atoms with Gasteiger partial charge in [-0.25, -0.2) is 9.59 Å². The van der Waals surface area contributed by atoms with Crippen LogP contribution in [0.5, 0.6) is 0 Å². The van der Waals surface area contributed by atoms with E-state index in [9.17, 15) is 9.59 Å². The SMILES string of the molecule is CCOC(=O)C=C1OC(=O)c2cc(C)c(C)cc21. The molecule has 94 valence electrons. The number of fused-ring (bicyclic) bond motifs is 1. The molecular formula is C14H14O4. The van der Waals surface area contributed by atoms with Gasteiger partial charge in [-0.1, -0.05) is 0 Å². The van der Waals surface area contributed by atoms with Crippen molar-refractivity contribution in [3.05, 3.63) is 40.5 Å². The van der Waals surface area contributed by atoms with Gasteiger partial charge in [-0.15, -0.1) is 0 Å². The standard InChI is InChI=1S/C14H14O4/c1-4-17-13(15)7-12-10-5-8(2)9(3)6-11(10)14(16)18-12/h5-7H,4H2,1-3H3. The normalized spacial score (nSPS) is 15.5. The Hall–Kier alpha value is -2.10. The highest BCUT2D eigenvalue weighted by molar-refractivity contribution is 6.06. The van der Waals surface area contributed by atoms with Crippen molar-refractivity contribution in [1.82, 2.24) is 0 Å². The van der Waals surface area contributed by atoms with Crippen LogP contribution in [0.4, 0.5) is 0 Å². The van der Waals surface area contributed by atoms with Crippen LogP contribution < -0.4 is 0 Å². The number of carbonyl (C=O) groups is 2. The van der Waals surface area contributed by atoms with Gasteiger partial charge >= 0.3 is 11.9 Å². The summed E-state index contributed by atoms with van der Waals surface area (Å²) in [6.07, 6.45) is 1.21. The number of carbonyl (C=O) groups excluding carboxylic acids is 2. The molecule has 0 bridgehead atoms. The van der Waals surface area contributed by atoms with Gasteiger partial charge in [0.25, 0.3) is 0 Å². The van der Waals surface area contributed by atoms with Crippen LogP contribution in [-0.2, 0) is 14.3 Å². The van der Waals surface area contributed by atoms with E-state index in [1.165, 1.54) is 6.08 Å². The van der Waals surface area contributed by atoms with Gasteiger partial charge in [0.1, 0.15) is 5.76 Å². The highest BCUT2D eigenvalue weighted by atomic mass is 16.6. The Morgan fingerprint density at radius 2 is 1.89 bits per heavy atom. The summed E-state index contributed by atoms with van der Waals surface area (Å²) in [7, 11) is 0. The zero-order valence-electron chi connectivity index (χ0n) is 10.6. The Kier molecular flexibility index (Phi) is 3.19. The molecule has 1 aliphatic rings. The Morgan fingerprint density at radius 1 is 1.28 bits per heavy atom. The Balaban J connectivity index is 2.44. The second-order valence-electron chi connectivity index (χ2n) is 4.13. The van der Waals surface area contributed by atoms with E-state index < -0.39 is 11.9 Å². The molecular weight excluding hydrogens is 232 g/mol. The number of rotatable bonds is 2. The van der Waals surface area contributed by atoms with Gasteiger partial charge in [0, 0.05) is 5.56 Å². The molecule has 18 heavy (non-hydrogen) atoms. The fraction of sp³-hybridized carbons (Fsp3) is 0.286. The molecule has 1 heterocycles. The maximum absolute atomic E-state index is 11.7. The molecule has 0 N–H and O–H groups in total. The summed E-state index contributed by atoms with van der Waals surface area (Å²) in [5.74, 6) is -0.674. The first-order chi connectivity index (χ1) is 8.52. The molecule has 0 saturated heterocycles. The largest absolute Gasteiger partial charge is 0.463 e. The summed E-state index contributed by atoms with van der Waals surface area (Å²) in [5, 5.41) is 0. The molecule has 0 unspecified atom stereocenters. The lowest BCUT2D eigenvalue weighted by Gasteiger charge is -2.02. The van der Waals surface area contributed by atoms with Gasteiger partial charge in [-0.3, -0.25) is 0 Å². The average molecular weight is 246 g/mol. The van der Waals surface area contributed by atoms with E-state index in [0.29, 0.717) is 11.1 Å². The zero-order chi connectivity index (χ0) is 13.3. The number of cyclic esters (lactones) is 1. The summed E-state index contributed by atoms with van der Waals surface area (Å²) < 4.78 is 9.88. The minimum absolute atomic E-state index is 0.261. The Morgan fingerprint density at radius 3 is 2.50 bits per heavy atom. The summed E-state index contributed by atoms with van der Waals surface area (Å²) in [6.45, 7) is 5.88. The molecule has 0 saturated carbocycles. The molecule has 2 rings (SSSR count). The Labute approximate surface area is 105 Å². The van der Waals surface area contributed by atoms with E-state index >= 15 is 0 Å². The topological polar surface area (TPSA) is 52.6 Å². The molecule has 0 amide bonds. The highest BCUT2D eigenvalue weighted by Crippen LogP contribution is 2.31. The number of esters is 2.